The summed E-state index contributed by atoms with van der Waals surface area (Å²) in [6, 6.07) is 15.8. The molecule has 2 aromatic rings. The van der Waals surface area contributed by atoms with Crippen molar-refractivity contribution in [2.24, 2.45) is 0 Å². The molecule has 0 aliphatic rings. The van der Waals surface area contributed by atoms with Crippen LogP contribution in [0.1, 0.15) is 154 Å². The molecule has 8 nitrogen and oxygen atoms in total. The Hall–Kier alpha value is -3.10. The summed E-state index contributed by atoms with van der Waals surface area (Å²) < 4.78 is 0. The lowest BCUT2D eigenvalue weighted by atomic mass is 10.0. The lowest BCUT2D eigenvalue weighted by Crippen LogP contribution is -2.37. The predicted octanol–water partition coefficient (Wildman–Crippen LogP) is 11.2. The first-order valence-electron chi connectivity index (χ1n) is 21.7. The van der Waals surface area contributed by atoms with Crippen molar-refractivity contribution in [1.82, 2.24) is 20.4 Å². The van der Waals surface area contributed by atoms with Crippen LogP contribution in [-0.4, -0.2) is 74.2 Å². The Labute approximate surface area is 325 Å². The number of anilines is 2. The van der Waals surface area contributed by atoms with E-state index in [2.05, 4.69) is 83.0 Å². The molecule has 0 aliphatic heterocycles. The van der Waals surface area contributed by atoms with E-state index in [-0.39, 0.29) is 12.1 Å². The molecule has 0 aliphatic carbocycles. The number of amides is 4. The molecule has 2 rings (SSSR count). The summed E-state index contributed by atoms with van der Waals surface area (Å²) in [6.07, 6.45) is 23.8. The molecule has 300 valence electrons. The number of urea groups is 2. The van der Waals surface area contributed by atoms with Crippen molar-refractivity contribution in [2.75, 3.05) is 63.0 Å². The van der Waals surface area contributed by atoms with Crippen molar-refractivity contribution >= 4 is 23.4 Å². The predicted molar refractivity (Wildman–Crippen MR) is 228 cm³/mol. The fourth-order valence-corrected chi connectivity index (χ4v) is 6.73. The molecule has 0 saturated carbocycles. The van der Waals surface area contributed by atoms with E-state index >= 15 is 0 Å². The molecule has 4 amide bonds. The zero-order valence-corrected chi connectivity index (χ0v) is 34.4. The van der Waals surface area contributed by atoms with Gasteiger partial charge in [-0.05, 0) is 93.7 Å². The van der Waals surface area contributed by atoms with Gasteiger partial charge in [0.1, 0.15) is 0 Å². The minimum absolute atomic E-state index is 0.156. The second-order valence-electron chi connectivity index (χ2n) is 15.0. The molecule has 2 aromatic carbocycles. The van der Waals surface area contributed by atoms with Crippen molar-refractivity contribution in [1.29, 1.82) is 0 Å². The van der Waals surface area contributed by atoms with Crippen LogP contribution in [0.3, 0.4) is 0 Å². The molecule has 53 heavy (non-hydrogen) atoms. The van der Waals surface area contributed by atoms with Gasteiger partial charge in [-0.1, -0.05) is 142 Å². The van der Waals surface area contributed by atoms with Gasteiger partial charge in [0, 0.05) is 37.6 Å². The Balaban J connectivity index is 1.72. The van der Waals surface area contributed by atoms with Gasteiger partial charge in [-0.3, -0.25) is 0 Å². The summed E-state index contributed by atoms with van der Waals surface area (Å²) >= 11 is 0. The monoisotopic (exact) mass is 735 g/mol. The van der Waals surface area contributed by atoms with Gasteiger partial charge in [0.2, 0.25) is 0 Å². The average molecular weight is 735 g/mol. The molecule has 0 fully saturated rings. The van der Waals surface area contributed by atoms with Gasteiger partial charge in [0.15, 0.2) is 0 Å². The van der Waals surface area contributed by atoms with Crippen LogP contribution in [0.25, 0.3) is 0 Å². The molecule has 0 radical (unpaired) electrons. The normalized spacial score (nSPS) is 11.3. The maximum absolute atomic E-state index is 12.6. The Morgan fingerprint density at radius 1 is 0.415 bits per heavy atom. The Morgan fingerprint density at radius 2 is 0.717 bits per heavy atom. The highest BCUT2D eigenvalue weighted by Crippen LogP contribution is 2.16. The van der Waals surface area contributed by atoms with Crippen molar-refractivity contribution < 1.29 is 9.59 Å². The van der Waals surface area contributed by atoms with Gasteiger partial charge in [0.25, 0.3) is 0 Å². The Morgan fingerprint density at radius 3 is 1.04 bits per heavy atom. The molecular weight excluding hydrogens is 657 g/mol. The summed E-state index contributed by atoms with van der Waals surface area (Å²) in [7, 11) is 0. The second kappa shape index (κ2) is 31.3. The van der Waals surface area contributed by atoms with Crippen LogP contribution >= 0.6 is 0 Å². The topological polar surface area (TPSA) is 88.7 Å². The van der Waals surface area contributed by atoms with Crippen molar-refractivity contribution in [3.8, 4) is 0 Å². The number of carbonyl (C=O) groups excluding carboxylic acids is 2. The summed E-state index contributed by atoms with van der Waals surface area (Å²) in [5.74, 6) is 0. The fraction of sp³-hybridized carbons (Fsp3) is 0.689. The second-order valence-corrected chi connectivity index (χ2v) is 15.0. The summed E-state index contributed by atoms with van der Waals surface area (Å²) in [6.45, 7) is 16.6. The van der Waals surface area contributed by atoms with E-state index in [1.165, 1.54) is 116 Å². The average Bonchev–Trinajstić information content (AvgIpc) is 3.16. The zero-order valence-electron chi connectivity index (χ0n) is 34.4. The highest BCUT2D eigenvalue weighted by Gasteiger charge is 2.09. The van der Waals surface area contributed by atoms with E-state index in [1.807, 2.05) is 24.3 Å². The molecule has 4 N–H and O–H groups in total. The quantitative estimate of drug-likeness (QED) is 0.0564. The first kappa shape index (κ1) is 46.1. The van der Waals surface area contributed by atoms with Crippen LogP contribution in [-0.2, 0) is 6.42 Å². The van der Waals surface area contributed by atoms with Gasteiger partial charge in [-0.25, -0.2) is 9.59 Å². The van der Waals surface area contributed by atoms with E-state index < -0.39 is 0 Å². The summed E-state index contributed by atoms with van der Waals surface area (Å²) in [4.78, 5) is 30.3. The fourth-order valence-electron chi connectivity index (χ4n) is 6.73. The maximum atomic E-state index is 12.6. The van der Waals surface area contributed by atoms with Gasteiger partial charge < -0.3 is 31.1 Å². The number of benzene rings is 2. The van der Waals surface area contributed by atoms with Crippen LogP contribution in [0.2, 0.25) is 0 Å². The largest absolute Gasteiger partial charge is 0.337 e. The first-order chi connectivity index (χ1) is 26.0. The SMILES string of the molecule is CCCCCCCN(CCCCCC)CCNC(=O)Nc1ccc(Cc2ccc(NC(=O)NCCN(CCCCCC)CCCCCCC)cc2)cc1. The standard InChI is InChI=1S/C45H78N6O2/c1-5-9-13-17-21-35-50(33-19-15-11-7-3)37-31-46-44(52)48-42-27-23-40(24-28-42)39-41-25-29-43(30-26-41)49-45(53)47-32-38-51(34-20-16-12-8-4)36-22-18-14-10-6-2/h23-30H,5-22,31-39H2,1-4H3,(H2,46,48,52)(H2,47,49,53). The number of carbonyl (C=O) groups is 2. The molecule has 8 heteroatoms. The van der Waals surface area contributed by atoms with E-state index in [0.717, 1.165) is 68.2 Å². The van der Waals surface area contributed by atoms with Crippen LogP contribution in [0.5, 0.6) is 0 Å². The van der Waals surface area contributed by atoms with Crippen LogP contribution in [0, 0.1) is 0 Å². The van der Waals surface area contributed by atoms with E-state index in [4.69, 9.17) is 0 Å². The number of nitrogens with zero attached hydrogens (tertiary/aromatic N) is 2. The first-order valence-corrected chi connectivity index (χ1v) is 21.7. The minimum atomic E-state index is -0.156. The molecule has 0 bridgehead atoms. The number of rotatable bonds is 32. The summed E-state index contributed by atoms with van der Waals surface area (Å²) in [5, 5.41) is 12.1. The molecule has 0 heterocycles. The molecule has 0 atom stereocenters. The van der Waals surface area contributed by atoms with Crippen molar-refractivity contribution in [2.45, 2.75) is 150 Å². The molecule has 0 unspecified atom stereocenters. The van der Waals surface area contributed by atoms with Crippen LogP contribution in [0.15, 0.2) is 48.5 Å². The molecule has 0 saturated heterocycles. The van der Waals surface area contributed by atoms with Crippen molar-refractivity contribution in [3.63, 3.8) is 0 Å². The number of hydrogen-bond acceptors (Lipinski definition) is 4. The Bertz CT molecular complexity index is 1080. The smallest absolute Gasteiger partial charge is 0.319 e. The van der Waals surface area contributed by atoms with Gasteiger partial charge in [-0.15, -0.1) is 0 Å². The highest BCUT2D eigenvalue weighted by molar-refractivity contribution is 5.89. The van der Waals surface area contributed by atoms with E-state index in [0.29, 0.717) is 13.1 Å². The zero-order chi connectivity index (χ0) is 38.2. The number of hydrogen-bond donors (Lipinski definition) is 4. The van der Waals surface area contributed by atoms with E-state index in [1.54, 1.807) is 0 Å². The van der Waals surface area contributed by atoms with Gasteiger partial charge >= 0.3 is 12.1 Å². The highest BCUT2D eigenvalue weighted by atomic mass is 16.2. The van der Waals surface area contributed by atoms with Crippen LogP contribution < -0.4 is 21.3 Å². The molecule has 0 aromatic heterocycles. The van der Waals surface area contributed by atoms with Gasteiger partial charge in [0.05, 0.1) is 0 Å². The third-order valence-corrected chi connectivity index (χ3v) is 10.1. The van der Waals surface area contributed by atoms with E-state index in [9.17, 15) is 9.59 Å². The lowest BCUT2D eigenvalue weighted by Gasteiger charge is -2.22. The third kappa shape index (κ3) is 24.0. The summed E-state index contributed by atoms with van der Waals surface area (Å²) in [5.41, 5.74) is 3.90. The third-order valence-electron chi connectivity index (χ3n) is 10.1. The van der Waals surface area contributed by atoms with Crippen molar-refractivity contribution in [3.05, 3.63) is 59.7 Å². The maximum Gasteiger partial charge on any atom is 0.319 e. The lowest BCUT2D eigenvalue weighted by molar-refractivity contribution is 0.241. The molecular formula is C45H78N6O2. The molecule has 0 spiro atoms. The number of unbranched alkanes of at least 4 members (excludes halogenated alkanes) is 14. The minimum Gasteiger partial charge on any atom is -0.337 e. The van der Waals surface area contributed by atoms with Crippen LogP contribution in [0.4, 0.5) is 21.0 Å². The Kier molecular flexibility index (Phi) is 27.2. The van der Waals surface area contributed by atoms with Gasteiger partial charge in [-0.2, -0.15) is 0 Å². The number of nitrogens with one attached hydrogen (secondary N) is 4.